The van der Waals surface area contributed by atoms with Crippen molar-refractivity contribution in [2.45, 2.75) is 19.5 Å². The van der Waals surface area contributed by atoms with Crippen molar-refractivity contribution >= 4 is 64.3 Å². The second-order valence-electron chi connectivity index (χ2n) is 7.65. The van der Waals surface area contributed by atoms with Crippen LogP contribution >= 0.6 is 11.6 Å². The number of carbonyl (C=O) groups is 2. The van der Waals surface area contributed by atoms with Crippen molar-refractivity contribution in [3.05, 3.63) is 53.4 Å². The van der Waals surface area contributed by atoms with Crippen LogP contribution in [0, 0.1) is 12.8 Å². The fourth-order valence-electron chi connectivity index (χ4n) is 3.71. The topological polar surface area (TPSA) is 85.1 Å². The summed E-state index contributed by atoms with van der Waals surface area (Å²) >= 11 is 5.34. The van der Waals surface area contributed by atoms with Crippen LogP contribution in [-0.4, -0.2) is 52.2 Å². The summed E-state index contributed by atoms with van der Waals surface area (Å²) in [4.78, 5) is 32.1. The molecule has 1 fully saturated rings. The molecule has 2 aromatic carbocycles. The average molecular weight is 500 g/mol. The van der Waals surface area contributed by atoms with E-state index in [1.807, 2.05) is 31.2 Å². The Labute approximate surface area is 187 Å². The first-order chi connectivity index (χ1) is 14.8. The molecule has 9 heteroatoms. The molecular weight excluding hydrogens is 484 g/mol. The Hall–Kier alpha value is -2.76. The number of carbonyl (C=O) groups excluding carboxylic acids is 1. The van der Waals surface area contributed by atoms with Gasteiger partial charge in [-0.3, -0.25) is 0 Å². The Morgan fingerprint density at radius 2 is 2.00 bits per heavy atom. The van der Waals surface area contributed by atoms with Crippen LogP contribution in [0.15, 0.2) is 42.9 Å². The van der Waals surface area contributed by atoms with Crippen LogP contribution in [-0.2, 0) is 4.79 Å². The number of aromatic nitrogens is 3. The summed E-state index contributed by atoms with van der Waals surface area (Å²) in [5, 5.41) is 11.5. The van der Waals surface area contributed by atoms with Gasteiger partial charge in [-0.2, -0.15) is 0 Å². The minimum absolute atomic E-state index is 0.00286. The van der Waals surface area contributed by atoms with Gasteiger partial charge in [0.25, 0.3) is 0 Å². The van der Waals surface area contributed by atoms with Crippen molar-refractivity contribution in [3.63, 3.8) is 0 Å². The molecule has 0 aliphatic heterocycles. The normalized spacial score (nSPS) is 18.3. The molecule has 0 bridgehead atoms. The van der Waals surface area contributed by atoms with Gasteiger partial charge < -0.3 is 0 Å². The van der Waals surface area contributed by atoms with E-state index >= 15 is 0 Å². The zero-order valence-corrected chi connectivity index (χ0v) is 19.1. The second kappa shape index (κ2) is 7.43. The molecular formula is C22H16AsClFN3O3. The Balaban J connectivity index is 1.57. The fourth-order valence-corrected chi connectivity index (χ4v) is 6.28. The predicted molar refractivity (Wildman–Crippen MR) is 118 cm³/mol. The zero-order chi connectivity index (χ0) is 21.9. The van der Waals surface area contributed by atoms with Crippen molar-refractivity contribution in [3.8, 4) is 11.1 Å². The molecule has 1 aliphatic carbocycles. The summed E-state index contributed by atoms with van der Waals surface area (Å²) in [6.45, 7) is 1.90. The summed E-state index contributed by atoms with van der Waals surface area (Å²) in [7, 11) is 0. The number of fused-ring (bicyclic) bond motifs is 2. The molecule has 1 unspecified atom stereocenters. The first-order valence-corrected chi connectivity index (χ1v) is 12.0. The molecule has 3 atom stereocenters. The van der Waals surface area contributed by atoms with Crippen molar-refractivity contribution in [2.24, 2.45) is 5.92 Å². The van der Waals surface area contributed by atoms with Gasteiger partial charge in [-0.25, -0.2) is 0 Å². The Morgan fingerprint density at radius 3 is 2.71 bits per heavy atom. The van der Waals surface area contributed by atoms with E-state index in [0.29, 0.717) is 27.0 Å². The number of carboxylic acid groups (broad SMARTS) is 1. The summed E-state index contributed by atoms with van der Waals surface area (Å²) < 4.78 is 15.0. The number of benzene rings is 2. The number of hydrogen-bond acceptors (Lipinski definition) is 4. The molecule has 1 saturated carbocycles. The number of hydrogen-bond donors (Lipinski definition) is 1. The summed E-state index contributed by atoms with van der Waals surface area (Å²) in [6.07, 6.45) is 1.21. The SMILES string of the molecule is Cc1cc2c(cc1-c1cc(Cl)c3cnc([AsH]C(=O)[C@@H]4C[C@@H]4F)cc3c1)ncn2C(=O)O. The van der Waals surface area contributed by atoms with Crippen LogP contribution < -0.4 is 4.48 Å². The van der Waals surface area contributed by atoms with Crippen LogP contribution in [0.2, 0.25) is 5.02 Å². The average Bonchev–Trinajstić information content (AvgIpc) is 3.31. The van der Waals surface area contributed by atoms with Crippen LogP contribution in [0.1, 0.15) is 12.0 Å². The summed E-state index contributed by atoms with van der Waals surface area (Å²) in [6, 6.07) is 9.31. The van der Waals surface area contributed by atoms with Gasteiger partial charge in [0.1, 0.15) is 0 Å². The molecule has 156 valence electrons. The third-order valence-electron chi connectivity index (χ3n) is 5.50. The number of aryl methyl sites for hydroxylation is 1. The van der Waals surface area contributed by atoms with Crippen molar-refractivity contribution < 1.29 is 19.1 Å². The monoisotopic (exact) mass is 499 g/mol. The molecule has 31 heavy (non-hydrogen) atoms. The third kappa shape index (κ3) is 3.62. The van der Waals surface area contributed by atoms with E-state index in [0.717, 1.165) is 32.0 Å². The Morgan fingerprint density at radius 1 is 1.23 bits per heavy atom. The Bertz CT molecular complexity index is 1400. The molecule has 2 heterocycles. The number of rotatable bonds is 4. The zero-order valence-electron chi connectivity index (χ0n) is 16.3. The van der Waals surface area contributed by atoms with Gasteiger partial charge >= 0.3 is 188 Å². The van der Waals surface area contributed by atoms with Gasteiger partial charge in [-0.1, -0.05) is 0 Å². The molecule has 5 rings (SSSR count). The van der Waals surface area contributed by atoms with Crippen LogP contribution in [0.25, 0.3) is 32.9 Å². The molecule has 0 amide bonds. The molecule has 6 nitrogen and oxygen atoms in total. The van der Waals surface area contributed by atoms with Crippen LogP contribution in [0.3, 0.4) is 0 Å². The molecule has 0 radical (unpaired) electrons. The van der Waals surface area contributed by atoms with Crippen LogP contribution in [0.4, 0.5) is 9.18 Å². The third-order valence-corrected chi connectivity index (χ3v) is 8.22. The maximum atomic E-state index is 13.2. The van der Waals surface area contributed by atoms with Gasteiger partial charge in [-0.15, -0.1) is 0 Å². The minimum atomic E-state index is -1.18. The molecule has 4 aromatic rings. The van der Waals surface area contributed by atoms with E-state index in [9.17, 15) is 19.1 Å². The quantitative estimate of drug-likeness (QED) is 0.433. The summed E-state index contributed by atoms with van der Waals surface area (Å²) in [5.74, 6) is -0.438. The van der Waals surface area contributed by atoms with Crippen molar-refractivity contribution in [1.82, 2.24) is 14.5 Å². The molecule has 0 spiro atoms. The van der Waals surface area contributed by atoms with Gasteiger partial charge in [0, 0.05) is 0 Å². The van der Waals surface area contributed by atoms with E-state index in [-0.39, 0.29) is 4.57 Å². The van der Waals surface area contributed by atoms with Crippen molar-refractivity contribution in [1.29, 1.82) is 0 Å². The first kappa shape index (κ1) is 20.2. The standard InChI is InChI=1S/C22H16AsClFN3O3/c1-10-2-19-18(27-9-28(19)22(30)31)7-13(10)11-3-12-5-20(23-21(29)14-6-17(14)25)26-8-15(12)16(24)4-11/h2-5,7-9,14,17,23H,6H2,1H3,(H,30,31)/t14-,17+/m1/s1. The molecule has 0 saturated heterocycles. The van der Waals surface area contributed by atoms with E-state index in [1.54, 1.807) is 12.3 Å². The fraction of sp³-hybridized carbons (Fsp3) is 0.182. The maximum absolute atomic E-state index is 13.2. The molecule has 1 aliphatic rings. The van der Waals surface area contributed by atoms with Gasteiger partial charge in [0.15, 0.2) is 0 Å². The Kier molecular flexibility index (Phi) is 4.83. The first-order valence-electron chi connectivity index (χ1n) is 9.57. The number of alkyl halides is 1. The summed E-state index contributed by atoms with van der Waals surface area (Å²) in [5.41, 5.74) is 3.71. The molecule has 1 N–H and O–H groups in total. The number of halogens is 2. The van der Waals surface area contributed by atoms with Gasteiger partial charge in [-0.05, 0) is 0 Å². The predicted octanol–water partition coefficient (Wildman–Crippen LogP) is 3.69. The van der Waals surface area contributed by atoms with Crippen molar-refractivity contribution in [2.75, 3.05) is 0 Å². The van der Waals surface area contributed by atoms with E-state index < -0.39 is 33.9 Å². The van der Waals surface area contributed by atoms with E-state index in [1.165, 1.54) is 6.33 Å². The van der Waals surface area contributed by atoms with Gasteiger partial charge in [0.2, 0.25) is 0 Å². The number of nitrogens with zero attached hydrogens (tertiary/aromatic N) is 3. The number of pyridine rings is 1. The van der Waals surface area contributed by atoms with Gasteiger partial charge in [0.05, 0.1) is 0 Å². The molecule has 2 aromatic heterocycles. The van der Waals surface area contributed by atoms with E-state index in [2.05, 4.69) is 9.97 Å². The second-order valence-corrected chi connectivity index (χ2v) is 10.7. The number of imidazole rings is 1. The van der Waals surface area contributed by atoms with Crippen LogP contribution in [0.5, 0.6) is 0 Å². The van der Waals surface area contributed by atoms with E-state index in [4.69, 9.17) is 11.6 Å².